The standard InChI is InChI=1S/C16H22N2O2.ClH/c17-16(7-9-20-10-8-16)15(19)18-11-13-6-5-12-3-1-2-4-14(12)13;/h1-4,13H,5-11,17H2,(H,18,19);1H. The molecular formula is C16H23ClN2O2. The van der Waals surface area contributed by atoms with Gasteiger partial charge in [0.25, 0.3) is 0 Å². The first-order valence-corrected chi connectivity index (χ1v) is 7.42. The Labute approximate surface area is 131 Å². The van der Waals surface area contributed by atoms with Gasteiger partial charge in [0.1, 0.15) is 0 Å². The average molecular weight is 311 g/mol. The number of nitrogens with one attached hydrogen (secondary N) is 1. The van der Waals surface area contributed by atoms with E-state index >= 15 is 0 Å². The molecule has 1 unspecified atom stereocenters. The van der Waals surface area contributed by atoms with E-state index in [4.69, 9.17) is 10.5 Å². The Hall–Kier alpha value is -1.10. The van der Waals surface area contributed by atoms with Crippen LogP contribution in [0.4, 0.5) is 0 Å². The molecule has 1 amide bonds. The number of ether oxygens (including phenoxy) is 1. The molecule has 1 saturated heterocycles. The Kier molecular flexibility index (Phi) is 5.25. The molecule has 1 atom stereocenters. The molecule has 1 aromatic rings. The molecule has 1 heterocycles. The fourth-order valence-corrected chi connectivity index (χ4v) is 3.21. The van der Waals surface area contributed by atoms with E-state index in [1.54, 1.807) is 0 Å². The SMILES string of the molecule is Cl.NC1(C(=O)NCC2CCc3ccccc32)CCOCC1. The van der Waals surface area contributed by atoms with E-state index in [0.717, 1.165) is 12.8 Å². The van der Waals surface area contributed by atoms with E-state index in [9.17, 15) is 4.79 Å². The minimum absolute atomic E-state index is 0. The van der Waals surface area contributed by atoms with Crippen LogP contribution in [-0.2, 0) is 16.0 Å². The predicted molar refractivity (Wildman–Crippen MR) is 84.7 cm³/mol. The molecule has 3 rings (SSSR count). The summed E-state index contributed by atoms with van der Waals surface area (Å²) in [4.78, 5) is 12.3. The number of carbonyl (C=O) groups excluding carboxylic acids is 1. The number of carbonyl (C=O) groups is 1. The highest BCUT2D eigenvalue weighted by molar-refractivity contribution is 5.86. The van der Waals surface area contributed by atoms with Crippen LogP contribution in [0.3, 0.4) is 0 Å². The van der Waals surface area contributed by atoms with Crippen LogP contribution < -0.4 is 11.1 Å². The van der Waals surface area contributed by atoms with Crippen LogP contribution in [0.5, 0.6) is 0 Å². The molecule has 3 N–H and O–H groups in total. The molecule has 1 aliphatic heterocycles. The monoisotopic (exact) mass is 310 g/mol. The summed E-state index contributed by atoms with van der Waals surface area (Å²) in [5.41, 5.74) is 8.25. The second-order valence-corrected chi connectivity index (χ2v) is 5.91. The summed E-state index contributed by atoms with van der Waals surface area (Å²) < 4.78 is 5.28. The predicted octanol–water partition coefficient (Wildman–Crippen LogP) is 1.76. The minimum atomic E-state index is -0.740. The molecule has 0 bridgehead atoms. The highest BCUT2D eigenvalue weighted by atomic mass is 35.5. The number of benzene rings is 1. The molecule has 21 heavy (non-hydrogen) atoms. The maximum atomic E-state index is 12.3. The van der Waals surface area contributed by atoms with E-state index in [1.165, 1.54) is 11.1 Å². The molecule has 1 aliphatic carbocycles. The smallest absolute Gasteiger partial charge is 0.240 e. The van der Waals surface area contributed by atoms with Gasteiger partial charge in [-0.2, -0.15) is 0 Å². The summed E-state index contributed by atoms with van der Waals surface area (Å²) in [5.74, 6) is 0.406. The molecule has 0 aromatic heterocycles. The van der Waals surface area contributed by atoms with Crippen molar-refractivity contribution in [1.82, 2.24) is 5.32 Å². The van der Waals surface area contributed by atoms with Crippen LogP contribution >= 0.6 is 12.4 Å². The number of hydrogen-bond acceptors (Lipinski definition) is 3. The number of aryl methyl sites for hydroxylation is 1. The third kappa shape index (κ3) is 3.39. The van der Waals surface area contributed by atoms with Gasteiger partial charge in [-0.15, -0.1) is 12.4 Å². The highest BCUT2D eigenvalue weighted by Crippen LogP contribution is 2.32. The lowest BCUT2D eigenvalue weighted by Crippen LogP contribution is -2.57. The van der Waals surface area contributed by atoms with E-state index in [0.29, 0.717) is 38.5 Å². The van der Waals surface area contributed by atoms with Crippen molar-refractivity contribution < 1.29 is 9.53 Å². The van der Waals surface area contributed by atoms with Gasteiger partial charge in [-0.3, -0.25) is 4.79 Å². The second kappa shape index (κ2) is 6.77. The number of nitrogens with two attached hydrogens (primary N) is 1. The Morgan fingerprint density at radius 2 is 2.05 bits per heavy atom. The second-order valence-electron chi connectivity index (χ2n) is 5.91. The summed E-state index contributed by atoms with van der Waals surface area (Å²) in [7, 11) is 0. The van der Waals surface area contributed by atoms with Crippen molar-refractivity contribution in [2.24, 2.45) is 5.73 Å². The Morgan fingerprint density at radius 3 is 2.81 bits per heavy atom. The van der Waals surface area contributed by atoms with Crippen molar-refractivity contribution in [3.8, 4) is 0 Å². The summed E-state index contributed by atoms with van der Waals surface area (Å²) >= 11 is 0. The topological polar surface area (TPSA) is 64.4 Å². The fraction of sp³-hybridized carbons (Fsp3) is 0.562. The van der Waals surface area contributed by atoms with Gasteiger partial charge < -0.3 is 15.8 Å². The van der Waals surface area contributed by atoms with Crippen molar-refractivity contribution in [2.75, 3.05) is 19.8 Å². The quantitative estimate of drug-likeness (QED) is 0.894. The molecule has 5 heteroatoms. The maximum Gasteiger partial charge on any atom is 0.240 e. The molecule has 0 saturated carbocycles. The lowest BCUT2D eigenvalue weighted by Gasteiger charge is -2.32. The Bertz CT molecular complexity index is 501. The molecule has 1 aromatic carbocycles. The van der Waals surface area contributed by atoms with E-state index in [2.05, 4.69) is 29.6 Å². The van der Waals surface area contributed by atoms with Gasteiger partial charge in [0.05, 0.1) is 5.54 Å². The van der Waals surface area contributed by atoms with E-state index in [1.807, 2.05) is 0 Å². The van der Waals surface area contributed by atoms with Gasteiger partial charge in [0.2, 0.25) is 5.91 Å². The number of fused-ring (bicyclic) bond motifs is 1. The number of hydrogen-bond donors (Lipinski definition) is 2. The van der Waals surface area contributed by atoms with Crippen molar-refractivity contribution in [3.05, 3.63) is 35.4 Å². The van der Waals surface area contributed by atoms with Crippen molar-refractivity contribution >= 4 is 18.3 Å². The van der Waals surface area contributed by atoms with Crippen LogP contribution in [0.25, 0.3) is 0 Å². The van der Waals surface area contributed by atoms with Crippen LogP contribution in [0.2, 0.25) is 0 Å². The first kappa shape index (κ1) is 16.3. The molecule has 1 fully saturated rings. The van der Waals surface area contributed by atoms with Crippen LogP contribution in [0.1, 0.15) is 36.3 Å². The lowest BCUT2D eigenvalue weighted by atomic mass is 9.90. The maximum absolute atomic E-state index is 12.3. The van der Waals surface area contributed by atoms with Gasteiger partial charge in [0.15, 0.2) is 0 Å². The summed E-state index contributed by atoms with van der Waals surface area (Å²) in [5, 5.41) is 3.06. The fourth-order valence-electron chi connectivity index (χ4n) is 3.21. The minimum Gasteiger partial charge on any atom is -0.381 e. The number of rotatable bonds is 3. The Balaban J connectivity index is 0.00000161. The molecule has 4 nitrogen and oxygen atoms in total. The van der Waals surface area contributed by atoms with Crippen LogP contribution in [0.15, 0.2) is 24.3 Å². The van der Waals surface area contributed by atoms with E-state index in [-0.39, 0.29) is 18.3 Å². The zero-order chi connectivity index (χ0) is 14.0. The zero-order valence-electron chi connectivity index (χ0n) is 12.1. The van der Waals surface area contributed by atoms with E-state index < -0.39 is 5.54 Å². The molecule has 116 valence electrons. The molecule has 0 radical (unpaired) electrons. The van der Waals surface area contributed by atoms with Gasteiger partial charge in [0, 0.05) is 25.7 Å². The Morgan fingerprint density at radius 1 is 1.33 bits per heavy atom. The molecule has 0 spiro atoms. The molecule has 2 aliphatic rings. The van der Waals surface area contributed by atoms with Gasteiger partial charge in [-0.05, 0) is 36.8 Å². The van der Waals surface area contributed by atoms with Crippen molar-refractivity contribution in [3.63, 3.8) is 0 Å². The van der Waals surface area contributed by atoms with Gasteiger partial charge in [-0.1, -0.05) is 24.3 Å². The highest BCUT2D eigenvalue weighted by Gasteiger charge is 2.36. The first-order valence-electron chi connectivity index (χ1n) is 7.42. The average Bonchev–Trinajstić information content (AvgIpc) is 2.89. The van der Waals surface area contributed by atoms with Crippen molar-refractivity contribution in [1.29, 1.82) is 0 Å². The van der Waals surface area contributed by atoms with Crippen LogP contribution in [0, 0.1) is 0 Å². The van der Waals surface area contributed by atoms with Crippen molar-refractivity contribution in [2.45, 2.75) is 37.1 Å². The number of amides is 1. The third-order valence-electron chi connectivity index (χ3n) is 4.60. The summed E-state index contributed by atoms with van der Waals surface area (Å²) in [6.07, 6.45) is 3.44. The van der Waals surface area contributed by atoms with Crippen LogP contribution in [-0.4, -0.2) is 31.2 Å². The van der Waals surface area contributed by atoms with Gasteiger partial charge >= 0.3 is 0 Å². The largest absolute Gasteiger partial charge is 0.381 e. The molecular weight excluding hydrogens is 288 g/mol. The summed E-state index contributed by atoms with van der Waals surface area (Å²) in [6, 6.07) is 8.50. The zero-order valence-corrected chi connectivity index (χ0v) is 13.0. The van der Waals surface area contributed by atoms with Gasteiger partial charge in [-0.25, -0.2) is 0 Å². The third-order valence-corrected chi connectivity index (χ3v) is 4.60. The lowest BCUT2D eigenvalue weighted by molar-refractivity contribution is -0.129. The number of halogens is 1. The first-order chi connectivity index (χ1) is 9.69. The normalized spacial score (nSPS) is 23.0. The summed E-state index contributed by atoms with van der Waals surface area (Å²) in [6.45, 7) is 1.85.